The highest BCUT2D eigenvalue weighted by atomic mass is 16.5. The number of anilines is 1. The van der Waals surface area contributed by atoms with Gasteiger partial charge in [-0.05, 0) is 67.9 Å². The smallest absolute Gasteiger partial charge is 0.300 e. The van der Waals surface area contributed by atoms with Crippen molar-refractivity contribution >= 4 is 23.1 Å². The number of benzene rings is 3. The Morgan fingerprint density at radius 3 is 2.05 bits per heavy atom. The second-order valence-electron chi connectivity index (χ2n) is 8.60. The molecular weight excluding hydrogens is 472 g/mol. The number of aliphatic hydroxyl groups is 1. The number of ketones is 1. The fourth-order valence-electron chi connectivity index (χ4n) is 4.33. The van der Waals surface area contributed by atoms with E-state index in [1.54, 1.807) is 66.7 Å². The summed E-state index contributed by atoms with van der Waals surface area (Å²) >= 11 is 0. The minimum Gasteiger partial charge on any atom is -0.506 e. The molecule has 0 radical (unpaired) electrons. The number of methoxy groups -OCH3 is 2. The lowest BCUT2D eigenvalue weighted by Crippen LogP contribution is -2.29. The predicted octanol–water partition coefficient (Wildman–Crippen LogP) is 4.99. The molecule has 1 saturated heterocycles. The molecule has 1 unspecified atom stereocenters. The largest absolute Gasteiger partial charge is 0.506 e. The van der Waals surface area contributed by atoms with Gasteiger partial charge in [-0.15, -0.1) is 0 Å². The molecule has 8 heteroatoms. The first kappa shape index (κ1) is 25.3. The SMILES string of the molecule is COc1cccc(OC)c1/C(O)=C1\C(=O)C(=O)N(c2ccc(C#N)cc2)C1c1ccc(OC(C)C)cc1. The van der Waals surface area contributed by atoms with Crippen molar-refractivity contribution in [1.29, 1.82) is 5.26 Å². The van der Waals surface area contributed by atoms with Gasteiger partial charge >= 0.3 is 0 Å². The van der Waals surface area contributed by atoms with E-state index < -0.39 is 23.5 Å². The average Bonchev–Trinajstić information content (AvgIpc) is 3.18. The van der Waals surface area contributed by atoms with Gasteiger partial charge in [0.1, 0.15) is 28.6 Å². The van der Waals surface area contributed by atoms with Gasteiger partial charge in [-0.3, -0.25) is 14.5 Å². The zero-order valence-corrected chi connectivity index (χ0v) is 20.9. The van der Waals surface area contributed by atoms with Crippen molar-refractivity contribution in [1.82, 2.24) is 0 Å². The molecule has 1 fully saturated rings. The summed E-state index contributed by atoms with van der Waals surface area (Å²) in [6.07, 6.45) is -0.0341. The summed E-state index contributed by atoms with van der Waals surface area (Å²) in [5.74, 6) is -0.909. The summed E-state index contributed by atoms with van der Waals surface area (Å²) in [4.78, 5) is 28.2. The Labute approximate surface area is 214 Å². The van der Waals surface area contributed by atoms with Crippen LogP contribution in [0.25, 0.3) is 5.76 Å². The summed E-state index contributed by atoms with van der Waals surface area (Å²) in [5.41, 5.74) is 1.44. The van der Waals surface area contributed by atoms with E-state index in [1.165, 1.54) is 19.1 Å². The van der Waals surface area contributed by atoms with Gasteiger partial charge in [-0.25, -0.2) is 0 Å². The molecule has 188 valence electrons. The van der Waals surface area contributed by atoms with Crippen molar-refractivity contribution in [3.63, 3.8) is 0 Å². The summed E-state index contributed by atoms with van der Waals surface area (Å²) in [6.45, 7) is 3.82. The van der Waals surface area contributed by atoms with Crippen molar-refractivity contribution in [3.05, 3.63) is 89.0 Å². The van der Waals surface area contributed by atoms with Crippen LogP contribution in [0.15, 0.2) is 72.3 Å². The maximum absolute atomic E-state index is 13.5. The van der Waals surface area contributed by atoms with Crippen molar-refractivity contribution in [2.24, 2.45) is 0 Å². The molecule has 0 spiro atoms. The molecule has 37 heavy (non-hydrogen) atoms. The maximum atomic E-state index is 13.5. The summed E-state index contributed by atoms with van der Waals surface area (Å²) < 4.78 is 16.6. The van der Waals surface area contributed by atoms with Crippen LogP contribution in [0, 0.1) is 11.3 Å². The van der Waals surface area contributed by atoms with Gasteiger partial charge in [0.15, 0.2) is 0 Å². The lowest BCUT2D eigenvalue weighted by atomic mass is 9.94. The van der Waals surface area contributed by atoms with E-state index in [0.717, 1.165) is 0 Å². The van der Waals surface area contributed by atoms with Crippen molar-refractivity contribution < 1.29 is 28.9 Å². The number of Topliss-reactive ketones (excluding diaryl/α,β-unsaturated/α-hetero) is 1. The van der Waals surface area contributed by atoms with Crippen LogP contribution in [0.5, 0.6) is 17.2 Å². The average molecular weight is 499 g/mol. The normalized spacial score (nSPS) is 16.5. The van der Waals surface area contributed by atoms with Crippen molar-refractivity contribution in [2.45, 2.75) is 26.0 Å². The number of hydrogen-bond acceptors (Lipinski definition) is 7. The van der Waals surface area contributed by atoms with E-state index in [1.807, 2.05) is 19.9 Å². The maximum Gasteiger partial charge on any atom is 0.300 e. The monoisotopic (exact) mass is 498 g/mol. The number of ether oxygens (including phenoxy) is 3. The number of hydrogen-bond donors (Lipinski definition) is 1. The number of rotatable bonds is 7. The number of amides is 1. The fourth-order valence-corrected chi connectivity index (χ4v) is 4.33. The van der Waals surface area contributed by atoms with Crippen LogP contribution in [0.1, 0.15) is 36.6 Å². The van der Waals surface area contributed by atoms with Crippen LogP contribution in [-0.4, -0.2) is 37.1 Å². The zero-order valence-electron chi connectivity index (χ0n) is 20.9. The molecule has 0 aromatic heterocycles. The molecule has 1 N–H and O–H groups in total. The molecule has 0 aliphatic carbocycles. The minimum absolute atomic E-state index is 0.0341. The highest BCUT2D eigenvalue weighted by Gasteiger charge is 2.47. The lowest BCUT2D eigenvalue weighted by molar-refractivity contribution is -0.132. The minimum atomic E-state index is -0.962. The van der Waals surface area contributed by atoms with Gasteiger partial charge in [0.25, 0.3) is 11.7 Å². The Balaban J connectivity index is 1.95. The first-order chi connectivity index (χ1) is 17.8. The van der Waals surface area contributed by atoms with E-state index in [2.05, 4.69) is 0 Å². The lowest BCUT2D eigenvalue weighted by Gasteiger charge is -2.26. The molecule has 3 aromatic rings. The van der Waals surface area contributed by atoms with Crippen LogP contribution < -0.4 is 19.1 Å². The van der Waals surface area contributed by atoms with Crippen LogP contribution in [-0.2, 0) is 9.59 Å². The molecule has 1 atom stereocenters. The topological polar surface area (TPSA) is 109 Å². The molecule has 1 aliphatic rings. The predicted molar refractivity (Wildman–Crippen MR) is 138 cm³/mol. The Morgan fingerprint density at radius 1 is 0.946 bits per heavy atom. The third-order valence-electron chi connectivity index (χ3n) is 5.95. The van der Waals surface area contributed by atoms with E-state index in [0.29, 0.717) is 22.6 Å². The molecule has 3 aromatic carbocycles. The summed E-state index contributed by atoms with van der Waals surface area (Å²) in [7, 11) is 2.87. The molecule has 1 aliphatic heterocycles. The molecule has 1 amide bonds. The second kappa shape index (κ2) is 10.5. The van der Waals surface area contributed by atoms with Gasteiger partial charge in [0.2, 0.25) is 0 Å². The molecule has 1 heterocycles. The molecule has 8 nitrogen and oxygen atoms in total. The molecule has 0 bridgehead atoms. The standard InChI is InChI=1S/C29H26N2O6/c1-17(2)37-21-14-10-19(11-15-21)26-25(27(32)24-22(35-3)6-5-7-23(24)36-4)28(33)29(34)31(26)20-12-8-18(16-30)9-13-20/h5-15,17,26,32H,1-4H3/b27-25+. The van der Waals surface area contributed by atoms with Crippen LogP contribution in [0.2, 0.25) is 0 Å². The third kappa shape index (κ3) is 4.71. The number of carbonyl (C=O) groups excluding carboxylic acids is 2. The van der Waals surface area contributed by atoms with Crippen molar-refractivity contribution in [3.8, 4) is 23.3 Å². The van der Waals surface area contributed by atoms with Crippen LogP contribution in [0.4, 0.5) is 5.69 Å². The first-order valence-corrected chi connectivity index (χ1v) is 11.6. The number of aliphatic hydroxyl groups excluding tert-OH is 1. The Hall–Kier alpha value is -4.77. The Bertz CT molecular complexity index is 1380. The first-order valence-electron chi connectivity index (χ1n) is 11.6. The number of nitriles is 1. The highest BCUT2D eigenvalue weighted by Crippen LogP contribution is 2.45. The van der Waals surface area contributed by atoms with E-state index in [-0.39, 0.29) is 28.7 Å². The van der Waals surface area contributed by atoms with Gasteiger partial charge < -0.3 is 19.3 Å². The number of carbonyl (C=O) groups is 2. The van der Waals surface area contributed by atoms with Crippen molar-refractivity contribution in [2.75, 3.05) is 19.1 Å². The molecular formula is C29H26N2O6. The van der Waals surface area contributed by atoms with Gasteiger partial charge in [-0.1, -0.05) is 18.2 Å². The zero-order chi connectivity index (χ0) is 26.7. The second-order valence-corrected chi connectivity index (χ2v) is 8.60. The third-order valence-corrected chi connectivity index (χ3v) is 5.95. The van der Waals surface area contributed by atoms with Gasteiger partial charge in [0, 0.05) is 5.69 Å². The highest BCUT2D eigenvalue weighted by molar-refractivity contribution is 6.51. The molecule has 4 rings (SSSR count). The van der Waals surface area contributed by atoms with E-state index >= 15 is 0 Å². The Morgan fingerprint density at radius 2 is 1.54 bits per heavy atom. The van der Waals surface area contributed by atoms with E-state index in [9.17, 15) is 20.0 Å². The fraction of sp³-hybridized carbons (Fsp3) is 0.207. The summed E-state index contributed by atoms with van der Waals surface area (Å²) in [6, 6.07) is 19.3. The van der Waals surface area contributed by atoms with E-state index in [4.69, 9.17) is 14.2 Å². The van der Waals surface area contributed by atoms with Crippen LogP contribution in [0.3, 0.4) is 0 Å². The van der Waals surface area contributed by atoms with Gasteiger partial charge in [-0.2, -0.15) is 5.26 Å². The summed E-state index contributed by atoms with van der Waals surface area (Å²) in [5, 5.41) is 20.7. The number of nitrogens with zero attached hydrogens (tertiary/aromatic N) is 2. The van der Waals surface area contributed by atoms with Gasteiger partial charge in [0.05, 0.1) is 43.6 Å². The van der Waals surface area contributed by atoms with Crippen LogP contribution >= 0.6 is 0 Å². The molecule has 0 saturated carbocycles. The Kier molecular flexibility index (Phi) is 7.16. The quantitative estimate of drug-likeness (QED) is 0.278.